The number of rotatable bonds is 3. The van der Waals surface area contributed by atoms with Gasteiger partial charge in [0, 0.05) is 22.6 Å². The standard InChI is InChI=1S/C15H13BrN4/c1-17-9-11-6-7-18-15(19-11)14-12(16)8-10-4-2-3-5-13(10)20-14/h2-8,17H,9H2,1H3. The molecule has 0 saturated heterocycles. The van der Waals surface area contributed by atoms with Crippen LogP contribution in [0.3, 0.4) is 0 Å². The number of halogens is 1. The summed E-state index contributed by atoms with van der Waals surface area (Å²) in [4.78, 5) is 13.5. The Labute approximate surface area is 125 Å². The largest absolute Gasteiger partial charge is 0.314 e. The molecule has 0 saturated carbocycles. The van der Waals surface area contributed by atoms with E-state index in [1.165, 1.54) is 0 Å². The van der Waals surface area contributed by atoms with Gasteiger partial charge in [0.1, 0.15) is 5.69 Å². The Hall–Kier alpha value is -1.85. The molecule has 0 bridgehead atoms. The maximum absolute atomic E-state index is 4.65. The van der Waals surface area contributed by atoms with Gasteiger partial charge in [0.2, 0.25) is 0 Å². The van der Waals surface area contributed by atoms with Gasteiger partial charge in [0.15, 0.2) is 5.82 Å². The SMILES string of the molecule is CNCc1ccnc(-c2nc3ccccc3cc2Br)n1. The van der Waals surface area contributed by atoms with Crippen LogP contribution in [0.1, 0.15) is 5.69 Å². The molecule has 0 amide bonds. The highest BCUT2D eigenvalue weighted by atomic mass is 79.9. The summed E-state index contributed by atoms with van der Waals surface area (Å²) >= 11 is 3.56. The molecule has 2 heterocycles. The minimum atomic E-state index is 0.635. The summed E-state index contributed by atoms with van der Waals surface area (Å²) in [6.45, 7) is 0.709. The first-order valence-corrected chi connectivity index (χ1v) is 7.09. The summed E-state index contributed by atoms with van der Waals surface area (Å²) in [7, 11) is 1.89. The predicted octanol–water partition coefficient (Wildman–Crippen LogP) is 3.17. The van der Waals surface area contributed by atoms with Crippen LogP contribution in [0.25, 0.3) is 22.4 Å². The van der Waals surface area contributed by atoms with Crippen LogP contribution in [-0.2, 0) is 6.54 Å². The van der Waals surface area contributed by atoms with Crippen molar-refractivity contribution in [3.8, 4) is 11.5 Å². The molecule has 20 heavy (non-hydrogen) atoms. The van der Waals surface area contributed by atoms with E-state index in [0.717, 1.165) is 26.8 Å². The molecule has 100 valence electrons. The van der Waals surface area contributed by atoms with E-state index in [2.05, 4.69) is 36.2 Å². The van der Waals surface area contributed by atoms with Crippen LogP contribution in [0.15, 0.2) is 47.1 Å². The summed E-state index contributed by atoms with van der Waals surface area (Å²) in [5.74, 6) is 0.635. The number of pyridine rings is 1. The van der Waals surface area contributed by atoms with E-state index in [1.807, 2.05) is 43.4 Å². The first kappa shape index (κ1) is 13.1. The lowest BCUT2D eigenvalue weighted by atomic mass is 10.2. The molecule has 3 aromatic rings. The van der Waals surface area contributed by atoms with Gasteiger partial charge in [-0.25, -0.2) is 15.0 Å². The van der Waals surface area contributed by atoms with Crippen molar-refractivity contribution in [3.05, 3.63) is 52.8 Å². The molecule has 3 rings (SSSR count). The van der Waals surface area contributed by atoms with Crippen LogP contribution in [0.2, 0.25) is 0 Å². The molecule has 1 aromatic carbocycles. The van der Waals surface area contributed by atoms with Crippen molar-refractivity contribution in [1.82, 2.24) is 20.3 Å². The summed E-state index contributed by atoms with van der Waals surface area (Å²) in [5, 5.41) is 4.18. The number of aromatic nitrogens is 3. The Morgan fingerprint density at radius 2 is 2.00 bits per heavy atom. The van der Waals surface area contributed by atoms with Gasteiger partial charge >= 0.3 is 0 Å². The average molecular weight is 329 g/mol. The van der Waals surface area contributed by atoms with E-state index in [4.69, 9.17) is 0 Å². The van der Waals surface area contributed by atoms with E-state index in [-0.39, 0.29) is 0 Å². The second-order valence-corrected chi connectivity index (χ2v) is 5.27. The molecule has 0 unspecified atom stereocenters. The Morgan fingerprint density at radius 3 is 2.85 bits per heavy atom. The number of hydrogen-bond donors (Lipinski definition) is 1. The third kappa shape index (κ3) is 2.55. The topological polar surface area (TPSA) is 50.7 Å². The third-order valence-corrected chi connectivity index (χ3v) is 3.56. The van der Waals surface area contributed by atoms with Crippen molar-refractivity contribution < 1.29 is 0 Å². The molecule has 1 N–H and O–H groups in total. The van der Waals surface area contributed by atoms with Gasteiger partial charge < -0.3 is 5.32 Å². The Kier molecular flexibility index (Phi) is 3.71. The first-order chi connectivity index (χ1) is 9.78. The molecule has 0 spiro atoms. The molecular weight excluding hydrogens is 316 g/mol. The van der Waals surface area contributed by atoms with Crippen LogP contribution in [0.5, 0.6) is 0 Å². The highest BCUT2D eigenvalue weighted by Gasteiger charge is 2.10. The van der Waals surface area contributed by atoms with E-state index < -0.39 is 0 Å². The van der Waals surface area contributed by atoms with Gasteiger partial charge in [-0.15, -0.1) is 0 Å². The number of benzene rings is 1. The van der Waals surface area contributed by atoms with E-state index in [1.54, 1.807) is 6.20 Å². The lowest BCUT2D eigenvalue weighted by molar-refractivity contribution is 0.787. The molecule has 0 fully saturated rings. The number of para-hydroxylation sites is 1. The van der Waals surface area contributed by atoms with Crippen LogP contribution < -0.4 is 5.32 Å². The second kappa shape index (κ2) is 5.64. The normalized spacial score (nSPS) is 10.9. The minimum Gasteiger partial charge on any atom is -0.314 e. The molecule has 0 atom stereocenters. The fraction of sp³-hybridized carbons (Fsp3) is 0.133. The minimum absolute atomic E-state index is 0.635. The summed E-state index contributed by atoms with van der Waals surface area (Å²) in [6, 6.07) is 11.9. The van der Waals surface area contributed by atoms with Gasteiger partial charge in [0.25, 0.3) is 0 Å². The summed E-state index contributed by atoms with van der Waals surface area (Å²) in [5.41, 5.74) is 2.65. The number of nitrogens with one attached hydrogen (secondary N) is 1. The fourth-order valence-electron chi connectivity index (χ4n) is 2.04. The molecule has 0 aliphatic rings. The molecule has 5 heteroatoms. The van der Waals surface area contributed by atoms with Crippen LogP contribution >= 0.6 is 15.9 Å². The van der Waals surface area contributed by atoms with E-state index in [9.17, 15) is 0 Å². The zero-order chi connectivity index (χ0) is 13.9. The Morgan fingerprint density at radius 1 is 1.15 bits per heavy atom. The first-order valence-electron chi connectivity index (χ1n) is 6.30. The van der Waals surface area contributed by atoms with Gasteiger partial charge in [-0.3, -0.25) is 0 Å². The molecule has 0 aliphatic carbocycles. The predicted molar refractivity (Wildman–Crippen MR) is 83.2 cm³/mol. The van der Waals surface area contributed by atoms with Crippen molar-refractivity contribution in [2.75, 3.05) is 7.05 Å². The van der Waals surface area contributed by atoms with Crippen molar-refractivity contribution in [3.63, 3.8) is 0 Å². The number of fused-ring (bicyclic) bond motifs is 1. The molecule has 0 aliphatic heterocycles. The number of hydrogen-bond acceptors (Lipinski definition) is 4. The summed E-state index contributed by atoms with van der Waals surface area (Å²) < 4.78 is 0.901. The smallest absolute Gasteiger partial charge is 0.179 e. The van der Waals surface area contributed by atoms with Gasteiger partial charge in [-0.2, -0.15) is 0 Å². The Bertz CT molecular complexity index is 758. The average Bonchev–Trinajstić information content (AvgIpc) is 2.47. The highest BCUT2D eigenvalue weighted by Crippen LogP contribution is 2.27. The maximum Gasteiger partial charge on any atom is 0.179 e. The van der Waals surface area contributed by atoms with Gasteiger partial charge in [-0.05, 0) is 41.2 Å². The Balaban J connectivity index is 2.13. The van der Waals surface area contributed by atoms with Crippen LogP contribution in [0.4, 0.5) is 0 Å². The summed E-state index contributed by atoms with van der Waals surface area (Å²) in [6.07, 6.45) is 1.76. The quantitative estimate of drug-likeness (QED) is 0.802. The zero-order valence-corrected chi connectivity index (χ0v) is 12.6. The van der Waals surface area contributed by atoms with Crippen LogP contribution in [-0.4, -0.2) is 22.0 Å². The van der Waals surface area contributed by atoms with Crippen molar-refractivity contribution in [1.29, 1.82) is 0 Å². The molecule has 2 aromatic heterocycles. The molecule has 4 nitrogen and oxygen atoms in total. The monoisotopic (exact) mass is 328 g/mol. The lowest BCUT2D eigenvalue weighted by Crippen LogP contribution is -2.08. The third-order valence-electron chi connectivity index (χ3n) is 2.96. The van der Waals surface area contributed by atoms with E-state index in [0.29, 0.717) is 12.4 Å². The van der Waals surface area contributed by atoms with Crippen LogP contribution in [0, 0.1) is 0 Å². The maximum atomic E-state index is 4.65. The van der Waals surface area contributed by atoms with Crippen molar-refractivity contribution in [2.24, 2.45) is 0 Å². The zero-order valence-electron chi connectivity index (χ0n) is 11.0. The molecular formula is C15H13BrN4. The number of nitrogens with zero attached hydrogens (tertiary/aromatic N) is 3. The van der Waals surface area contributed by atoms with Crippen molar-refractivity contribution >= 4 is 26.8 Å². The fourth-order valence-corrected chi connectivity index (χ4v) is 2.55. The molecule has 0 radical (unpaired) electrons. The van der Waals surface area contributed by atoms with Gasteiger partial charge in [-0.1, -0.05) is 18.2 Å². The second-order valence-electron chi connectivity index (χ2n) is 4.41. The van der Waals surface area contributed by atoms with Crippen molar-refractivity contribution in [2.45, 2.75) is 6.54 Å². The van der Waals surface area contributed by atoms with Gasteiger partial charge in [0.05, 0.1) is 11.2 Å². The highest BCUT2D eigenvalue weighted by molar-refractivity contribution is 9.10. The lowest BCUT2D eigenvalue weighted by Gasteiger charge is -2.06. The van der Waals surface area contributed by atoms with E-state index >= 15 is 0 Å².